The molecule has 1 fully saturated rings. The van der Waals surface area contributed by atoms with Gasteiger partial charge >= 0.3 is 6.09 Å². The molecule has 0 saturated heterocycles. The first-order valence-electron chi connectivity index (χ1n) is 22.9. The van der Waals surface area contributed by atoms with Crippen LogP contribution in [0.15, 0.2) is 108 Å². The Kier molecular flexibility index (Phi) is 14.8. The Morgan fingerprint density at radius 1 is 0.779 bits per heavy atom. The molecule has 356 valence electrons. The van der Waals surface area contributed by atoms with Gasteiger partial charge in [0, 0.05) is 24.2 Å². The third-order valence-electron chi connectivity index (χ3n) is 12.4. The highest BCUT2D eigenvalue weighted by Gasteiger charge is 2.35. The topological polar surface area (TPSA) is 160 Å². The van der Waals surface area contributed by atoms with Gasteiger partial charge in [-0.2, -0.15) is 4.31 Å². The molecule has 1 saturated carbocycles. The molecular formula is C52H59N7O7S2. The van der Waals surface area contributed by atoms with Crippen molar-refractivity contribution in [1.82, 2.24) is 29.5 Å². The van der Waals surface area contributed by atoms with E-state index in [1.807, 2.05) is 103 Å². The third-order valence-corrected chi connectivity index (χ3v) is 15.3. The van der Waals surface area contributed by atoms with Crippen LogP contribution < -0.4 is 19.5 Å². The summed E-state index contributed by atoms with van der Waals surface area (Å²) in [6.45, 7) is 8.05. The lowest BCUT2D eigenvalue weighted by Gasteiger charge is -2.28. The van der Waals surface area contributed by atoms with Crippen LogP contribution in [-0.2, 0) is 40.8 Å². The molecule has 0 unspecified atom stereocenters. The fraction of sp³-hybridized carbons (Fsp3) is 0.365. The molecule has 68 heavy (non-hydrogen) atoms. The van der Waals surface area contributed by atoms with Crippen molar-refractivity contribution in [2.24, 2.45) is 11.8 Å². The lowest BCUT2D eigenvalue weighted by Crippen LogP contribution is -2.32. The smallest absolute Gasteiger partial charge is 0.413 e. The van der Waals surface area contributed by atoms with Crippen LogP contribution in [0.3, 0.4) is 0 Å². The van der Waals surface area contributed by atoms with Crippen LogP contribution in [0.25, 0.3) is 32.7 Å². The summed E-state index contributed by atoms with van der Waals surface area (Å²) < 4.78 is 58.6. The van der Waals surface area contributed by atoms with Gasteiger partial charge < -0.3 is 18.9 Å². The molecule has 16 heteroatoms. The second-order valence-corrected chi connectivity index (χ2v) is 21.3. The highest BCUT2D eigenvalue weighted by atomic mass is 32.2. The summed E-state index contributed by atoms with van der Waals surface area (Å²) >= 11 is 1.30. The number of nitrogens with one attached hydrogen (secondary N) is 1. The standard InChI is InChI=1S/C52H59N7O7S2/c1-34-11-13-35(14-12-34)15-22-39-23-30-43(44-9-8-10-45-47(44)53-50(67-45)54-51(60)66-52(2,3)4)46(49-55-56-57-59(49)33-38-20-28-42(65-7)29-21-38)48(39)68(61,62)58(31-36-16-24-40(63-5)25-17-36)32-37-18-26-41(64-6)27-19-37/h8-10,16-21,23-30,34-35H,11-15,22,31-33H2,1-7H3,(H,53,54,60). The van der Waals surface area contributed by atoms with E-state index in [1.165, 1.54) is 15.6 Å². The van der Waals surface area contributed by atoms with Crippen molar-refractivity contribution in [2.75, 3.05) is 26.6 Å². The van der Waals surface area contributed by atoms with Crippen LogP contribution in [0.1, 0.15) is 82.1 Å². The predicted molar refractivity (Wildman–Crippen MR) is 266 cm³/mol. The second-order valence-electron chi connectivity index (χ2n) is 18.4. The zero-order chi connectivity index (χ0) is 48.0. The molecular weight excluding hydrogens is 899 g/mol. The molecule has 1 amide bonds. The monoisotopic (exact) mass is 957 g/mol. The summed E-state index contributed by atoms with van der Waals surface area (Å²) in [6, 6.07) is 32.2. The minimum Gasteiger partial charge on any atom is -0.497 e. The van der Waals surface area contributed by atoms with Crippen LogP contribution in [-0.4, -0.2) is 70.9 Å². The summed E-state index contributed by atoms with van der Waals surface area (Å²) in [5.41, 5.74) is 4.53. The second kappa shape index (κ2) is 20.9. The fourth-order valence-corrected chi connectivity index (χ4v) is 11.5. The molecule has 8 rings (SSSR count). The van der Waals surface area contributed by atoms with E-state index in [0.29, 0.717) is 68.4 Å². The Hall–Kier alpha value is -6.36. The van der Waals surface area contributed by atoms with Gasteiger partial charge in [0.05, 0.1) is 43.0 Å². The Morgan fingerprint density at radius 2 is 1.37 bits per heavy atom. The first-order chi connectivity index (χ1) is 32.7. The Balaban J connectivity index is 1.36. The van der Waals surface area contributed by atoms with E-state index in [2.05, 4.69) is 27.8 Å². The van der Waals surface area contributed by atoms with Gasteiger partial charge in [0.2, 0.25) is 10.0 Å². The number of hydrogen-bond donors (Lipinski definition) is 1. The molecule has 0 radical (unpaired) electrons. The molecule has 14 nitrogen and oxygen atoms in total. The lowest BCUT2D eigenvalue weighted by atomic mass is 9.80. The Labute approximate surface area is 402 Å². The fourth-order valence-electron chi connectivity index (χ4n) is 8.77. The first kappa shape index (κ1) is 48.1. The molecule has 1 N–H and O–H groups in total. The largest absolute Gasteiger partial charge is 0.497 e. The SMILES string of the molecule is COc1ccc(CN(Cc2ccc(OC)cc2)S(=O)(=O)c2c(CCC3CCC(C)CC3)ccc(-c3cccc4sc(NC(=O)OC(C)(C)C)nc34)c2-c2nnnn2Cc2ccc(OC)cc2)cc1. The summed E-state index contributed by atoms with van der Waals surface area (Å²) in [5, 5.41) is 16.5. The van der Waals surface area contributed by atoms with Crippen LogP contribution in [0.2, 0.25) is 0 Å². The quantitative estimate of drug-likeness (QED) is 0.0925. The van der Waals surface area contributed by atoms with E-state index in [1.54, 1.807) is 46.8 Å². The van der Waals surface area contributed by atoms with Gasteiger partial charge in [-0.25, -0.2) is 22.9 Å². The van der Waals surface area contributed by atoms with E-state index in [-0.39, 0.29) is 30.4 Å². The zero-order valence-corrected chi connectivity index (χ0v) is 41.3. The van der Waals surface area contributed by atoms with Crippen LogP contribution in [0.4, 0.5) is 9.93 Å². The molecule has 1 aliphatic rings. The van der Waals surface area contributed by atoms with Crippen molar-refractivity contribution in [1.29, 1.82) is 0 Å². The third kappa shape index (κ3) is 11.3. The number of aromatic nitrogens is 5. The van der Waals surface area contributed by atoms with Gasteiger partial charge in [0.15, 0.2) is 11.0 Å². The molecule has 0 bridgehead atoms. The number of rotatable bonds is 17. The lowest BCUT2D eigenvalue weighted by molar-refractivity contribution is 0.0636. The van der Waals surface area contributed by atoms with Crippen LogP contribution in [0.5, 0.6) is 17.2 Å². The predicted octanol–water partition coefficient (Wildman–Crippen LogP) is 11.2. The number of ether oxygens (including phenoxy) is 4. The average Bonchev–Trinajstić information content (AvgIpc) is 3.97. The number of sulfonamides is 1. The van der Waals surface area contributed by atoms with Gasteiger partial charge in [0.1, 0.15) is 22.8 Å². The maximum atomic E-state index is 16.4. The zero-order valence-electron chi connectivity index (χ0n) is 39.7. The van der Waals surface area contributed by atoms with Crippen molar-refractivity contribution in [3.05, 3.63) is 125 Å². The number of fused-ring (bicyclic) bond motifs is 1. The van der Waals surface area contributed by atoms with E-state index >= 15 is 8.42 Å². The number of aryl methyl sites for hydroxylation is 1. The van der Waals surface area contributed by atoms with Crippen molar-refractivity contribution in [3.8, 4) is 39.8 Å². The molecule has 7 aromatic rings. The molecule has 2 aromatic heterocycles. The number of methoxy groups -OCH3 is 3. The number of para-hydroxylation sites is 1. The van der Waals surface area contributed by atoms with E-state index in [4.69, 9.17) is 23.9 Å². The number of anilines is 1. The molecule has 5 aromatic carbocycles. The van der Waals surface area contributed by atoms with Gasteiger partial charge in [-0.15, -0.1) is 5.10 Å². The number of carbonyl (C=O) groups is 1. The Bertz CT molecular complexity index is 2890. The van der Waals surface area contributed by atoms with Gasteiger partial charge in [-0.1, -0.05) is 105 Å². The van der Waals surface area contributed by atoms with Crippen LogP contribution >= 0.6 is 11.3 Å². The van der Waals surface area contributed by atoms with Crippen molar-refractivity contribution in [3.63, 3.8) is 0 Å². The molecule has 1 aliphatic carbocycles. The molecule has 2 heterocycles. The first-order valence-corrected chi connectivity index (χ1v) is 25.2. The van der Waals surface area contributed by atoms with Crippen molar-refractivity contribution in [2.45, 2.75) is 96.4 Å². The van der Waals surface area contributed by atoms with Crippen molar-refractivity contribution < 1.29 is 32.2 Å². The summed E-state index contributed by atoms with van der Waals surface area (Å²) in [6.07, 6.45) is 5.21. The minimum atomic E-state index is -4.43. The van der Waals surface area contributed by atoms with Gasteiger partial charge in [-0.3, -0.25) is 5.32 Å². The minimum absolute atomic E-state index is 0.0557. The number of thiazole rings is 1. The number of tetrazole rings is 1. The summed E-state index contributed by atoms with van der Waals surface area (Å²) in [5.74, 6) is 3.44. The van der Waals surface area contributed by atoms with E-state index in [9.17, 15) is 4.79 Å². The number of carbonyl (C=O) groups excluding carboxylic acids is 1. The van der Waals surface area contributed by atoms with Crippen molar-refractivity contribution >= 4 is 42.8 Å². The molecule has 0 atom stereocenters. The normalized spacial score (nSPS) is 15.4. The number of hydrogen-bond acceptors (Lipinski definition) is 12. The maximum Gasteiger partial charge on any atom is 0.413 e. The van der Waals surface area contributed by atoms with Gasteiger partial charge in [-0.05, 0) is 126 Å². The summed E-state index contributed by atoms with van der Waals surface area (Å²) in [7, 11) is 0.389. The highest BCUT2D eigenvalue weighted by Crippen LogP contribution is 2.44. The van der Waals surface area contributed by atoms with E-state index in [0.717, 1.165) is 53.5 Å². The van der Waals surface area contributed by atoms with E-state index < -0.39 is 21.7 Å². The Morgan fingerprint density at radius 3 is 1.94 bits per heavy atom. The summed E-state index contributed by atoms with van der Waals surface area (Å²) in [4.78, 5) is 18.1. The maximum absolute atomic E-state index is 16.4. The number of nitrogens with zero attached hydrogens (tertiary/aromatic N) is 6. The average molecular weight is 958 g/mol. The number of benzene rings is 5. The molecule has 0 aliphatic heterocycles. The number of amides is 1. The molecule has 0 spiro atoms. The van der Waals surface area contributed by atoms with Gasteiger partial charge in [0.25, 0.3) is 0 Å². The highest BCUT2D eigenvalue weighted by molar-refractivity contribution is 7.89. The van der Waals surface area contributed by atoms with Crippen LogP contribution in [0, 0.1) is 11.8 Å².